The fourth-order valence-corrected chi connectivity index (χ4v) is 2.28. The lowest BCUT2D eigenvalue weighted by Gasteiger charge is -2.21. The van der Waals surface area contributed by atoms with Gasteiger partial charge in [-0.15, -0.1) is 0 Å². The maximum Gasteiger partial charge on any atom is 0.109 e. The van der Waals surface area contributed by atoms with E-state index >= 15 is 0 Å². The molecule has 2 atom stereocenters. The van der Waals surface area contributed by atoms with Gasteiger partial charge in [-0.05, 0) is 19.3 Å². The van der Waals surface area contributed by atoms with Gasteiger partial charge in [-0.1, -0.05) is 72.1 Å². The number of rotatable bonds is 15. The zero-order valence-electron chi connectivity index (χ0n) is 14.1. The topological polar surface area (TPSA) is 47.3 Å². The Labute approximate surface area is 127 Å². The number of unbranched alkanes of at least 4 members (excludes halogenated alkanes) is 8. The molecule has 0 rings (SSSR count). The molecule has 20 heavy (non-hydrogen) atoms. The highest BCUT2D eigenvalue weighted by Gasteiger charge is 2.08. The summed E-state index contributed by atoms with van der Waals surface area (Å²) in [6, 6.07) is 0. The van der Waals surface area contributed by atoms with Gasteiger partial charge >= 0.3 is 0 Å². The molecule has 0 aliphatic carbocycles. The van der Waals surface area contributed by atoms with Gasteiger partial charge in [-0.2, -0.15) is 0 Å². The lowest BCUT2D eigenvalue weighted by molar-refractivity contribution is 0.0169. The number of hydrogen-bond donors (Lipinski definition) is 2. The van der Waals surface area contributed by atoms with Crippen molar-refractivity contribution < 1.29 is 4.74 Å². The van der Waals surface area contributed by atoms with Crippen LogP contribution in [0.25, 0.3) is 0 Å². The van der Waals surface area contributed by atoms with Gasteiger partial charge in [0.2, 0.25) is 0 Å². The van der Waals surface area contributed by atoms with Gasteiger partial charge in [0.05, 0.1) is 6.17 Å². The Morgan fingerprint density at radius 1 is 0.800 bits per heavy atom. The van der Waals surface area contributed by atoms with Gasteiger partial charge in [0.1, 0.15) is 6.23 Å². The summed E-state index contributed by atoms with van der Waals surface area (Å²) in [7, 11) is 0. The third-order valence-corrected chi connectivity index (χ3v) is 3.78. The Morgan fingerprint density at radius 3 is 1.85 bits per heavy atom. The number of hydrogen-bond acceptors (Lipinski definition) is 3. The van der Waals surface area contributed by atoms with Crippen molar-refractivity contribution in [3.63, 3.8) is 0 Å². The van der Waals surface area contributed by atoms with Crippen molar-refractivity contribution in [2.75, 3.05) is 6.61 Å². The van der Waals surface area contributed by atoms with Crippen LogP contribution in [0.1, 0.15) is 91.4 Å². The van der Waals surface area contributed by atoms with Crippen molar-refractivity contribution in [2.45, 2.75) is 104 Å². The monoisotopic (exact) mass is 286 g/mol. The second-order valence-electron chi connectivity index (χ2n) is 5.78. The van der Waals surface area contributed by atoms with Crippen LogP contribution in [0.2, 0.25) is 0 Å². The molecule has 0 bridgehead atoms. The largest absolute Gasteiger partial charge is 0.363 e. The predicted molar refractivity (Wildman–Crippen MR) is 88.7 cm³/mol. The van der Waals surface area contributed by atoms with E-state index in [2.05, 4.69) is 26.1 Å². The van der Waals surface area contributed by atoms with Gasteiger partial charge in [0, 0.05) is 6.61 Å². The van der Waals surface area contributed by atoms with E-state index < -0.39 is 0 Å². The van der Waals surface area contributed by atoms with Crippen molar-refractivity contribution in [1.29, 1.82) is 0 Å². The van der Waals surface area contributed by atoms with E-state index in [-0.39, 0.29) is 12.4 Å². The molecular weight excluding hydrogens is 248 g/mol. The minimum absolute atomic E-state index is 0.0584. The van der Waals surface area contributed by atoms with Crippen LogP contribution in [0.5, 0.6) is 0 Å². The zero-order valence-corrected chi connectivity index (χ0v) is 14.1. The zero-order chi connectivity index (χ0) is 15.1. The first kappa shape index (κ1) is 19.9. The summed E-state index contributed by atoms with van der Waals surface area (Å²) in [5.41, 5.74) is 5.88. The van der Waals surface area contributed by atoms with E-state index in [4.69, 9.17) is 10.5 Å². The molecule has 0 spiro atoms. The van der Waals surface area contributed by atoms with Crippen LogP contribution < -0.4 is 11.1 Å². The highest BCUT2D eigenvalue weighted by molar-refractivity contribution is 4.60. The summed E-state index contributed by atoms with van der Waals surface area (Å²) in [6.07, 6.45) is 14.3. The van der Waals surface area contributed by atoms with Crippen LogP contribution in [0.4, 0.5) is 0 Å². The lowest BCUT2D eigenvalue weighted by atomic mass is 10.1. The van der Waals surface area contributed by atoms with E-state index in [0.29, 0.717) is 0 Å². The highest BCUT2D eigenvalue weighted by atomic mass is 16.5. The third kappa shape index (κ3) is 12.9. The molecule has 0 saturated heterocycles. The van der Waals surface area contributed by atoms with Crippen molar-refractivity contribution in [3.05, 3.63) is 0 Å². The Kier molecular flexibility index (Phi) is 15.2. The summed E-state index contributed by atoms with van der Waals surface area (Å²) < 4.78 is 5.83. The standard InChI is InChI=1S/C17H38N2O/c1-4-7-8-9-10-11-12-13-14-15-20-17(6-3)19-16(18)5-2/h16-17,19H,4-15,18H2,1-3H3. The Hall–Kier alpha value is -0.120. The van der Waals surface area contributed by atoms with Crippen LogP contribution in [0.15, 0.2) is 0 Å². The molecule has 0 fully saturated rings. The third-order valence-electron chi connectivity index (χ3n) is 3.78. The quantitative estimate of drug-likeness (QED) is 0.343. The molecule has 3 nitrogen and oxygen atoms in total. The van der Waals surface area contributed by atoms with Crippen LogP contribution in [0.3, 0.4) is 0 Å². The normalized spacial score (nSPS) is 14.4. The van der Waals surface area contributed by atoms with E-state index in [0.717, 1.165) is 19.4 Å². The molecule has 0 saturated carbocycles. The van der Waals surface area contributed by atoms with Crippen LogP contribution in [-0.4, -0.2) is 19.0 Å². The average Bonchev–Trinajstić information content (AvgIpc) is 2.47. The van der Waals surface area contributed by atoms with Gasteiger partial charge in [-0.3, -0.25) is 5.32 Å². The first-order chi connectivity index (χ1) is 9.74. The molecule has 0 aromatic rings. The summed E-state index contributed by atoms with van der Waals surface area (Å²) in [5, 5.41) is 3.30. The van der Waals surface area contributed by atoms with E-state index in [9.17, 15) is 0 Å². The van der Waals surface area contributed by atoms with E-state index in [1.54, 1.807) is 0 Å². The molecule has 2 unspecified atom stereocenters. The SMILES string of the molecule is CCCCCCCCCCCOC(CC)NC(N)CC. The molecule has 0 aromatic carbocycles. The van der Waals surface area contributed by atoms with Crippen molar-refractivity contribution >= 4 is 0 Å². The number of ether oxygens (including phenoxy) is 1. The van der Waals surface area contributed by atoms with Crippen molar-refractivity contribution in [1.82, 2.24) is 5.32 Å². The number of nitrogens with one attached hydrogen (secondary N) is 1. The Morgan fingerprint density at radius 2 is 1.35 bits per heavy atom. The second kappa shape index (κ2) is 15.3. The minimum atomic E-state index is 0.0584. The predicted octanol–water partition coefficient (Wildman–Crippen LogP) is 4.55. The van der Waals surface area contributed by atoms with Crippen LogP contribution in [0, 0.1) is 0 Å². The van der Waals surface area contributed by atoms with Crippen LogP contribution in [-0.2, 0) is 4.74 Å². The molecule has 0 heterocycles. The maximum atomic E-state index is 5.88. The van der Waals surface area contributed by atoms with Crippen molar-refractivity contribution in [2.24, 2.45) is 5.73 Å². The lowest BCUT2D eigenvalue weighted by Crippen LogP contribution is -2.44. The first-order valence-corrected chi connectivity index (χ1v) is 8.87. The molecule has 0 radical (unpaired) electrons. The Bertz CT molecular complexity index is 188. The molecule has 0 aromatic heterocycles. The summed E-state index contributed by atoms with van der Waals surface area (Å²) >= 11 is 0. The van der Waals surface area contributed by atoms with Gasteiger partial charge < -0.3 is 10.5 Å². The highest BCUT2D eigenvalue weighted by Crippen LogP contribution is 2.09. The van der Waals surface area contributed by atoms with Crippen molar-refractivity contribution in [3.8, 4) is 0 Å². The molecular formula is C17H38N2O. The van der Waals surface area contributed by atoms with E-state index in [1.807, 2.05) is 0 Å². The first-order valence-electron chi connectivity index (χ1n) is 8.87. The molecule has 0 aliphatic rings. The minimum Gasteiger partial charge on any atom is -0.363 e. The van der Waals surface area contributed by atoms with Gasteiger partial charge in [0.25, 0.3) is 0 Å². The fraction of sp³-hybridized carbons (Fsp3) is 1.00. The van der Waals surface area contributed by atoms with Gasteiger partial charge in [0.15, 0.2) is 0 Å². The number of nitrogens with two attached hydrogens (primary N) is 1. The summed E-state index contributed by atoms with van der Waals surface area (Å²) in [5.74, 6) is 0. The van der Waals surface area contributed by atoms with Crippen LogP contribution >= 0.6 is 0 Å². The summed E-state index contributed by atoms with van der Waals surface area (Å²) in [6.45, 7) is 7.35. The van der Waals surface area contributed by atoms with Gasteiger partial charge in [-0.25, -0.2) is 0 Å². The second-order valence-corrected chi connectivity index (χ2v) is 5.78. The Balaban J connectivity index is 3.29. The smallest absolute Gasteiger partial charge is 0.109 e. The molecule has 0 aliphatic heterocycles. The van der Waals surface area contributed by atoms with E-state index in [1.165, 1.54) is 57.8 Å². The maximum absolute atomic E-state index is 5.88. The molecule has 3 heteroatoms. The molecule has 3 N–H and O–H groups in total. The fourth-order valence-electron chi connectivity index (χ4n) is 2.28. The molecule has 122 valence electrons. The average molecular weight is 287 g/mol. The summed E-state index contributed by atoms with van der Waals surface area (Å²) in [4.78, 5) is 0. The molecule has 0 amide bonds.